The molecule has 0 saturated carbocycles. The van der Waals surface area contributed by atoms with E-state index in [0.29, 0.717) is 19.3 Å². The molecule has 1 saturated heterocycles. The Morgan fingerprint density at radius 1 is 1.13 bits per heavy atom. The van der Waals surface area contributed by atoms with Gasteiger partial charge in [0.25, 0.3) is 0 Å². The van der Waals surface area contributed by atoms with E-state index in [1.165, 1.54) is 6.08 Å². The maximum absolute atomic E-state index is 11.1. The van der Waals surface area contributed by atoms with Gasteiger partial charge in [0.1, 0.15) is 12.4 Å². The highest BCUT2D eigenvalue weighted by atomic mass is 16.5. The molecule has 0 aromatic heterocycles. The number of benzene rings is 2. The van der Waals surface area contributed by atoms with E-state index in [9.17, 15) is 4.79 Å². The van der Waals surface area contributed by atoms with Gasteiger partial charge in [-0.25, -0.2) is 4.79 Å². The third-order valence-electron chi connectivity index (χ3n) is 5.62. The van der Waals surface area contributed by atoms with E-state index in [2.05, 4.69) is 36.9 Å². The van der Waals surface area contributed by atoms with E-state index in [1.807, 2.05) is 24.3 Å². The average molecular weight is 424 g/mol. The van der Waals surface area contributed by atoms with Crippen LogP contribution in [0.4, 0.5) is 5.69 Å². The van der Waals surface area contributed by atoms with E-state index < -0.39 is 5.97 Å². The topological polar surface area (TPSA) is 59.0 Å². The van der Waals surface area contributed by atoms with Gasteiger partial charge in [-0.2, -0.15) is 0 Å². The summed E-state index contributed by atoms with van der Waals surface area (Å²) in [4.78, 5) is 13.5. The zero-order valence-electron chi connectivity index (χ0n) is 18.5. The molecule has 1 atom stereocenters. The highest BCUT2D eigenvalue weighted by molar-refractivity contribution is 5.88. The molecule has 5 heteroatoms. The molecule has 0 amide bonds. The molecule has 1 N–H and O–H groups in total. The second-order valence-electron chi connectivity index (χ2n) is 7.97. The van der Waals surface area contributed by atoms with Crippen molar-refractivity contribution < 1.29 is 19.4 Å². The van der Waals surface area contributed by atoms with Crippen LogP contribution in [0, 0.1) is 0 Å². The van der Waals surface area contributed by atoms with E-state index >= 15 is 0 Å². The third kappa shape index (κ3) is 6.59. The summed E-state index contributed by atoms with van der Waals surface area (Å²) in [5.41, 5.74) is 4.14. The zero-order valence-corrected chi connectivity index (χ0v) is 18.5. The third-order valence-corrected chi connectivity index (χ3v) is 5.62. The van der Waals surface area contributed by atoms with Gasteiger partial charge in [-0.1, -0.05) is 31.5 Å². The summed E-state index contributed by atoms with van der Waals surface area (Å²) < 4.78 is 11.3. The second kappa shape index (κ2) is 11.6. The molecule has 0 aliphatic carbocycles. The predicted molar refractivity (Wildman–Crippen MR) is 126 cm³/mol. The van der Waals surface area contributed by atoms with Gasteiger partial charge in [-0.3, -0.25) is 0 Å². The zero-order chi connectivity index (χ0) is 22.1. The van der Waals surface area contributed by atoms with E-state index in [4.69, 9.17) is 14.6 Å². The standard InChI is InChI=1S/C26H33NO4/c1-3-4-16-30-17-18-31-24-11-7-21(8-12-24)22-9-13-25(27-15-5-6-20(27)2)23(19-22)10-14-26(28)29/h7-14,19-20H,3-6,15-18H2,1-2H3,(H,28,29). The summed E-state index contributed by atoms with van der Waals surface area (Å²) in [6.07, 6.45) is 7.44. The quantitative estimate of drug-likeness (QED) is 0.375. The van der Waals surface area contributed by atoms with Crippen LogP contribution in [0.5, 0.6) is 5.75 Å². The van der Waals surface area contributed by atoms with Gasteiger partial charge in [0.2, 0.25) is 0 Å². The lowest BCUT2D eigenvalue weighted by Gasteiger charge is -2.26. The lowest BCUT2D eigenvalue weighted by Crippen LogP contribution is -2.26. The lowest BCUT2D eigenvalue weighted by molar-refractivity contribution is -0.131. The molecule has 2 aromatic carbocycles. The highest BCUT2D eigenvalue weighted by Gasteiger charge is 2.22. The summed E-state index contributed by atoms with van der Waals surface area (Å²) in [5.74, 6) is -0.123. The van der Waals surface area contributed by atoms with Crippen molar-refractivity contribution in [2.24, 2.45) is 0 Å². The van der Waals surface area contributed by atoms with Crippen molar-refractivity contribution in [3.05, 3.63) is 54.1 Å². The first-order chi connectivity index (χ1) is 15.1. The van der Waals surface area contributed by atoms with Gasteiger partial charge in [0, 0.05) is 31.0 Å². The van der Waals surface area contributed by atoms with Gasteiger partial charge < -0.3 is 19.5 Å². The number of unbranched alkanes of at least 4 members (excludes halogenated alkanes) is 1. The maximum Gasteiger partial charge on any atom is 0.328 e. The largest absolute Gasteiger partial charge is 0.491 e. The van der Waals surface area contributed by atoms with Crippen LogP contribution in [-0.4, -0.2) is 43.5 Å². The molecule has 31 heavy (non-hydrogen) atoms. The average Bonchev–Trinajstić information content (AvgIpc) is 3.20. The molecule has 3 rings (SSSR count). The number of rotatable bonds is 11. The van der Waals surface area contributed by atoms with Crippen LogP contribution in [0.1, 0.15) is 45.1 Å². The van der Waals surface area contributed by atoms with E-state index in [0.717, 1.165) is 67.0 Å². The summed E-state index contributed by atoms with van der Waals surface area (Å²) in [7, 11) is 0. The minimum Gasteiger partial charge on any atom is -0.491 e. The molecule has 1 fully saturated rings. The molecular formula is C26H33NO4. The van der Waals surface area contributed by atoms with Crippen molar-refractivity contribution in [2.75, 3.05) is 31.3 Å². The molecule has 0 spiro atoms. The number of ether oxygens (including phenoxy) is 2. The summed E-state index contributed by atoms with van der Waals surface area (Å²) in [6.45, 7) is 7.28. The first-order valence-corrected chi connectivity index (χ1v) is 11.2. The van der Waals surface area contributed by atoms with Crippen LogP contribution >= 0.6 is 0 Å². The van der Waals surface area contributed by atoms with Crippen LogP contribution in [-0.2, 0) is 9.53 Å². The maximum atomic E-state index is 11.1. The van der Waals surface area contributed by atoms with Crippen molar-refractivity contribution in [2.45, 2.75) is 45.6 Å². The summed E-state index contributed by atoms with van der Waals surface area (Å²) in [5, 5.41) is 9.11. The van der Waals surface area contributed by atoms with Crippen LogP contribution in [0.2, 0.25) is 0 Å². The number of carbonyl (C=O) groups is 1. The van der Waals surface area contributed by atoms with E-state index in [1.54, 1.807) is 6.08 Å². The number of hydrogen-bond donors (Lipinski definition) is 1. The number of anilines is 1. The second-order valence-corrected chi connectivity index (χ2v) is 7.97. The SMILES string of the molecule is CCCCOCCOc1ccc(-c2ccc(N3CCCC3C)c(C=CC(=O)O)c2)cc1. The predicted octanol–water partition coefficient (Wildman–Crippen LogP) is 5.64. The first-order valence-electron chi connectivity index (χ1n) is 11.2. The molecule has 0 bridgehead atoms. The summed E-state index contributed by atoms with van der Waals surface area (Å²) >= 11 is 0. The van der Waals surface area contributed by atoms with E-state index in [-0.39, 0.29) is 0 Å². The number of hydrogen-bond acceptors (Lipinski definition) is 4. The Kier molecular flexibility index (Phi) is 8.53. The van der Waals surface area contributed by atoms with Crippen LogP contribution in [0.15, 0.2) is 48.5 Å². The molecule has 1 heterocycles. The fourth-order valence-electron chi connectivity index (χ4n) is 3.89. The van der Waals surface area contributed by atoms with Gasteiger partial charge >= 0.3 is 5.97 Å². The Labute approximate surface area is 185 Å². The Hall–Kier alpha value is -2.79. The molecule has 1 aliphatic rings. The highest BCUT2D eigenvalue weighted by Crippen LogP contribution is 2.33. The minimum atomic E-state index is -0.939. The molecule has 2 aromatic rings. The smallest absolute Gasteiger partial charge is 0.328 e. The Morgan fingerprint density at radius 3 is 2.58 bits per heavy atom. The van der Waals surface area contributed by atoms with Crippen molar-refractivity contribution in [3.8, 4) is 16.9 Å². The van der Waals surface area contributed by atoms with Crippen molar-refractivity contribution >= 4 is 17.7 Å². The Balaban J connectivity index is 1.71. The van der Waals surface area contributed by atoms with Crippen LogP contribution < -0.4 is 9.64 Å². The van der Waals surface area contributed by atoms with Gasteiger partial charge in [-0.15, -0.1) is 0 Å². The van der Waals surface area contributed by atoms with Crippen LogP contribution in [0.3, 0.4) is 0 Å². The Bertz CT molecular complexity index is 875. The number of nitrogens with zero attached hydrogens (tertiary/aromatic N) is 1. The number of carboxylic acid groups (broad SMARTS) is 1. The fourth-order valence-corrected chi connectivity index (χ4v) is 3.89. The van der Waals surface area contributed by atoms with Gasteiger partial charge in [0.05, 0.1) is 6.61 Å². The Morgan fingerprint density at radius 2 is 1.90 bits per heavy atom. The van der Waals surface area contributed by atoms with Crippen molar-refractivity contribution in [1.82, 2.24) is 0 Å². The summed E-state index contributed by atoms with van der Waals surface area (Å²) in [6, 6.07) is 14.7. The fraction of sp³-hybridized carbons (Fsp3) is 0.423. The number of aliphatic carboxylic acids is 1. The van der Waals surface area contributed by atoms with Crippen LogP contribution in [0.25, 0.3) is 17.2 Å². The molecular weight excluding hydrogens is 390 g/mol. The normalized spacial score (nSPS) is 16.2. The monoisotopic (exact) mass is 423 g/mol. The molecule has 1 aliphatic heterocycles. The van der Waals surface area contributed by atoms with Crippen molar-refractivity contribution in [1.29, 1.82) is 0 Å². The number of carboxylic acids is 1. The van der Waals surface area contributed by atoms with Gasteiger partial charge in [-0.05, 0) is 73.2 Å². The molecule has 166 valence electrons. The lowest BCUT2D eigenvalue weighted by atomic mass is 10.0. The minimum absolute atomic E-state index is 0.463. The van der Waals surface area contributed by atoms with Crippen molar-refractivity contribution in [3.63, 3.8) is 0 Å². The molecule has 1 unspecified atom stereocenters. The first kappa shape index (κ1) is 22.9. The molecule has 0 radical (unpaired) electrons. The van der Waals surface area contributed by atoms with Gasteiger partial charge in [0.15, 0.2) is 0 Å². The molecule has 5 nitrogen and oxygen atoms in total.